The number of dihydropyridines is 1. The summed E-state index contributed by atoms with van der Waals surface area (Å²) in [4.78, 5) is 37.0. The number of carbonyl (C=O) groups is 2. The molecule has 218 valence electrons. The zero-order valence-corrected chi connectivity index (χ0v) is 25.2. The normalized spacial score (nSPS) is 19.1. The zero-order valence-electron chi connectivity index (χ0n) is 25.2. The van der Waals surface area contributed by atoms with E-state index in [1.54, 1.807) is 12.3 Å². The minimum Gasteiger partial charge on any atom is -0.361 e. The lowest BCUT2D eigenvalue weighted by atomic mass is 9.82. The minimum atomic E-state index is -0.313. The molecule has 9 heteroatoms. The van der Waals surface area contributed by atoms with Crippen molar-refractivity contribution in [2.75, 3.05) is 30.3 Å². The van der Waals surface area contributed by atoms with Crippen LogP contribution in [0.3, 0.4) is 0 Å². The molecule has 2 aliphatic heterocycles. The highest BCUT2D eigenvalue weighted by Crippen LogP contribution is 2.29. The number of rotatable bonds is 10. The van der Waals surface area contributed by atoms with Gasteiger partial charge in [0.15, 0.2) is 0 Å². The van der Waals surface area contributed by atoms with Crippen LogP contribution in [0, 0.1) is 23.7 Å². The van der Waals surface area contributed by atoms with Gasteiger partial charge in [0, 0.05) is 42.8 Å². The van der Waals surface area contributed by atoms with Crippen molar-refractivity contribution in [3.05, 3.63) is 64.8 Å². The van der Waals surface area contributed by atoms with Crippen molar-refractivity contribution in [2.24, 2.45) is 10.4 Å². The van der Waals surface area contributed by atoms with E-state index in [9.17, 15) is 14.9 Å². The first-order valence-corrected chi connectivity index (χ1v) is 14.4. The maximum absolute atomic E-state index is 13.3. The minimum absolute atomic E-state index is 0.154. The smallest absolute Gasteiger partial charge is 0.253 e. The molecule has 1 atom stereocenters. The van der Waals surface area contributed by atoms with Crippen molar-refractivity contribution in [3.63, 3.8) is 0 Å². The summed E-state index contributed by atoms with van der Waals surface area (Å²) in [6.45, 7) is 13.6. The molecule has 0 spiro atoms. The Balaban J connectivity index is 1.65. The SMILES string of the molecule is C/C=C(\C=NC(C)CC)C1=CN/C(=C(\CC)C(=O)Nc2cc(NC(=O)CN3CCC(C)(C#N)CC3)cnc2C)C=C1. The Morgan fingerprint density at radius 2 is 2.00 bits per heavy atom. The molecule has 0 bridgehead atoms. The van der Waals surface area contributed by atoms with E-state index in [-0.39, 0.29) is 29.8 Å². The van der Waals surface area contributed by atoms with Gasteiger partial charge < -0.3 is 16.0 Å². The van der Waals surface area contributed by atoms with Gasteiger partial charge in [0.05, 0.1) is 41.3 Å². The number of nitrogens with one attached hydrogen (secondary N) is 3. The summed E-state index contributed by atoms with van der Waals surface area (Å²) in [6, 6.07) is 4.38. The van der Waals surface area contributed by atoms with Crippen LogP contribution < -0.4 is 16.0 Å². The highest BCUT2D eigenvalue weighted by Gasteiger charge is 2.30. The number of nitrogens with zero attached hydrogens (tertiary/aromatic N) is 4. The summed E-state index contributed by atoms with van der Waals surface area (Å²) in [5, 5.41) is 18.5. The van der Waals surface area contributed by atoms with Gasteiger partial charge in [-0.25, -0.2) is 0 Å². The van der Waals surface area contributed by atoms with E-state index < -0.39 is 0 Å². The average Bonchev–Trinajstić information content (AvgIpc) is 2.97. The molecule has 1 aromatic heterocycles. The number of aliphatic imine (C=N–C) groups is 1. The fourth-order valence-electron chi connectivity index (χ4n) is 4.54. The highest BCUT2D eigenvalue weighted by molar-refractivity contribution is 6.05. The van der Waals surface area contributed by atoms with Crippen molar-refractivity contribution in [2.45, 2.75) is 73.3 Å². The van der Waals surface area contributed by atoms with E-state index in [0.717, 1.165) is 36.1 Å². The standard InChI is InChI=1S/C32H43N7O2/c1-7-22(4)34-17-24(8-2)25-10-11-28(36-18-25)27(9-3)31(41)38-29-16-26(19-35-23(29)5)37-30(40)20-39-14-12-32(6,21-33)13-15-39/h8,10-11,16-19,22,36H,7,9,12-15,20H2,1-6H3,(H,37,40)(H,38,41)/b24-8+,28-27+,34-17?. The maximum Gasteiger partial charge on any atom is 0.253 e. The van der Waals surface area contributed by atoms with Crippen molar-refractivity contribution in [1.29, 1.82) is 5.26 Å². The number of anilines is 2. The molecule has 1 saturated heterocycles. The van der Waals surface area contributed by atoms with Crippen LogP contribution in [-0.4, -0.2) is 53.6 Å². The molecular weight excluding hydrogens is 514 g/mol. The molecule has 1 aromatic rings. The molecule has 2 aliphatic rings. The Bertz CT molecular complexity index is 1320. The number of amides is 2. The summed E-state index contributed by atoms with van der Waals surface area (Å²) < 4.78 is 0. The molecule has 0 aliphatic carbocycles. The van der Waals surface area contributed by atoms with Crippen LogP contribution in [0.15, 0.2) is 64.1 Å². The Labute approximate surface area is 244 Å². The molecule has 41 heavy (non-hydrogen) atoms. The molecule has 0 saturated carbocycles. The molecule has 3 heterocycles. The second-order valence-corrected chi connectivity index (χ2v) is 10.9. The Morgan fingerprint density at radius 3 is 2.59 bits per heavy atom. The number of hydrogen-bond acceptors (Lipinski definition) is 7. The largest absolute Gasteiger partial charge is 0.361 e. The molecule has 2 amide bonds. The number of carbonyl (C=O) groups excluding carboxylic acids is 2. The van der Waals surface area contributed by atoms with Gasteiger partial charge in [-0.15, -0.1) is 0 Å². The third-order valence-electron chi connectivity index (χ3n) is 7.68. The van der Waals surface area contributed by atoms with E-state index in [1.807, 2.05) is 58.3 Å². The van der Waals surface area contributed by atoms with Crippen LogP contribution in [0.25, 0.3) is 0 Å². The van der Waals surface area contributed by atoms with Crippen LogP contribution in [-0.2, 0) is 9.59 Å². The van der Waals surface area contributed by atoms with Gasteiger partial charge in [-0.05, 0) is 76.7 Å². The second kappa shape index (κ2) is 14.6. The molecule has 0 radical (unpaired) electrons. The van der Waals surface area contributed by atoms with E-state index in [1.165, 1.54) is 0 Å². The first-order valence-electron chi connectivity index (χ1n) is 14.4. The average molecular weight is 558 g/mol. The van der Waals surface area contributed by atoms with Crippen LogP contribution >= 0.6 is 0 Å². The number of allylic oxidation sites excluding steroid dienone is 5. The Hall–Kier alpha value is -4.03. The number of piperidine rings is 1. The number of pyridine rings is 1. The first kappa shape index (κ1) is 31.5. The summed E-state index contributed by atoms with van der Waals surface area (Å²) in [7, 11) is 0. The lowest BCUT2D eigenvalue weighted by molar-refractivity contribution is -0.117. The van der Waals surface area contributed by atoms with E-state index in [4.69, 9.17) is 0 Å². The van der Waals surface area contributed by atoms with Gasteiger partial charge in [0.1, 0.15) is 0 Å². The number of hydrogen-bond donors (Lipinski definition) is 3. The topological polar surface area (TPSA) is 123 Å². The summed E-state index contributed by atoms with van der Waals surface area (Å²) in [5.74, 6) is -0.387. The molecule has 1 fully saturated rings. The van der Waals surface area contributed by atoms with Crippen molar-refractivity contribution < 1.29 is 9.59 Å². The predicted octanol–water partition coefficient (Wildman–Crippen LogP) is 5.42. The fourth-order valence-corrected chi connectivity index (χ4v) is 4.54. The van der Waals surface area contributed by atoms with Gasteiger partial charge >= 0.3 is 0 Å². The monoisotopic (exact) mass is 557 g/mol. The van der Waals surface area contributed by atoms with Crippen molar-refractivity contribution in [3.8, 4) is 6.07 Å². The van der Waals surface area contributed by atoms with Crippen LogP contribution in [0.5, 0.6) is 0 Å². The fraction of sp³-hybridized carbons (Fsp3) is 0.469. The third-order valence-corrected chi connectivity index (χ3v) is 7.68. The molecule has 3 rings (SSSR count). The quantitative estimate of drug-likeness (QED) is 0.261. The first-order chi connectivity index (χ1) is 19.6. The lowest BCUT2D eigenvalue weighted by Gasteiger charge is -2.34. The summed E-state index contributed by atoms with van der Waals surface area (Å²) in [5.41, 5.74) is 4.73. The Morgan fingerprint density at radius 1 is 1.27 bits per heavy atom. The third kappa shape index (κ3) is 8.73. The van der Waals surface area contributed by atoms with E-state index in [2.05, 4.69) is 50.7 Å². The Kier molecular flexibility index (Phi) is 11.2. The van der Waals surface area contributed by atoms with Gasteiger partial charge in [-0.1, -0.05) is 26.0 Å². The second-order valence-electron chi connectivity index (χ2n) is 10.9. The number of nitriles is 1. The van der Waals surface area contributed by atoms with Gasteiger partial charge in [-0.3, -0.25) is 24.5 Å². The van der Waals surface area contributed by atoms with E-state index in [0.29, 0.717) is 42.2 Å². The molecule has 3 N–H and O–H groups in total. The summed E-state index contributed by atoms with van der Waals surface area (Å²) in [6.07, 6.45) is 14.3. The molecule has 1 unspecified atom stereocenters. The number of aryl methyl sites for hydroxylation is 1. The molecule has 0 aromatic carbocycles. The zero-order chi connectivity index (χ0) is 30.0. The van der Waals surface area contributed by atoms with Gasteiger partial charge in [-0.2, -0.15) is 5.26 Å². The summed E-state index contributed by atoms with van der Waals surface area (Å²) >= 11 is 0. The molecular formula is C32H43N7O2. The van der Waals surface area contributed by atoms with E-state index >= 15 is 0 Å². The van der Waals surface area contributed by atoms with Crippen molar-refractivity contribution >= 4 is 29.4 Å². The number of likely N-dealkylation sites (tertiary alicyclic amines) is 1. The predicted molar refractivity (Wildman–Crippen MR) is 165 cm³/mol. The van der Waals surface area contributed by atoms with Crippen molar-refractivity contribution in [1.82, 2.24) is 15.2 Å². The number of aromatic nitrogens is 1. The van der Waals surface area contributed by atoms with Crippen LogP contribution in [0.2, 0.25) is 0 Å². The maximum atomic E-state index is 13.3. The molecule has 9 nitrogen and oxygen atoms in total. The van der Waals surface area contributed by atoms with Gasteiger partial charge in [0.25, 0.3) is 5.91 Å². The van der Waals surface area contributed by atoms with Crippen LogP contribution in [0.4, 0.5) is 11.4 Å². The van der Waals surface area contributed by atoms with Crippen LogP contribution in [0.1, 0.15) is 66.0 Å². The van der Waals surface area contributed by atoms with Gasteiger partial charge in [0.2, 0.25) is 5.91 Å². The highest BCUT2D eigenvalue weighted by atomic mass is 16.2. The lowest BCUT2D eigenvalue weighted by Crippen LogP contribution is -2.42.